The van der Waals surface area contributed by atoms with E-state index in [0.29, 0.717) is 35.9 Å². The minimum absolute atomic E-state index is 0.0635. The molecule has 0 aromatic heterocycles. The minimum atomic E-state index is -3.78. The first-order chi connectivity index (χ1) is 17.1. The molecule has 0 spiro atoms. The monoisotopic (exact) mass is 525 g/mol. The van der Waals surface area contributed by atoms with Crippen LogP contribution in [0.15, 0.2) is 65.6 Å². The van der Waals surface area contributed by atoms with Crippen LogP contribution in [-0.2, 0) is 14.8 Å². The zero-order valence-electron chi connectivity index (χ0n) is 20.5. The zero-order valence-corrected chi connectivity index (χ0v) is 22.2. The minimum Gasteiger partial charge on any atom is -0.490 e. The van der Waals surface area contributed by atoms with E-state index in [2.05, 4.69) is 15.4 Å². The average Bonchev–Trinajstić information content (AvgIpc) is 2.83. The van der Waals surface area contributed by atoms with E-state index < -0.39 is 15.9 Å². The second kappa shape index (κ2) is 12.0. The predicted octanol–water partition coefficient (Wildman–Crippen LogP) is 2.51. The Labute approximate surface area is 217 Å². The molecule has 3 N–H and O–H groups in total. The van der Waals surface area contributed by atoms with E-state index in [1.165, 1.54) is 12.1 Å². The van der Waals surface area contributed by atoms with Gasteiger partial charge < -0.3 is 14.8 Å². The number of rotatable bonds is 9. The van der Waals surface area contributed by atoms with Gasteiger partial charge in [0.15, 0.2) is 5.11 Å². The lowest BCUT2D eigenvalue weighted by Crippen LogP contribution is -2.34. The molecule has 0 atom stereocenters. The van der Waals surface area contributed by atoms with Crippen LogP contribution in [0.3, 0.4) is 0 Å². The molecular formula is C25H28BN3O5S2. The summed E-state index contributed by atoms with van der Waals surface area (Å²) in [6.45, 7) is 4.38. The summed E-state index contributed by atoms with van der Waals surface area (Å²) in [5, 5.41) is 5.59. The summed E-state index contributed by atoms with van der Waals surface area (Å²) >= 11 is 5.28. The highest BCUT2D eigenvalue weighted by Gasteiger charge is 2.17. The summed E-state index contributed by atoms with van der Waals surface area (Å²) < 4.78 is 39.0. The normalized spacial score (nSPS) is 11.0. The number of nitrogens with one attached hydrogen (secondary N) is 3. The Kier molecular flexibility index (Phi) is 9.08. The van der Waals surface area contributed by atoms with Crippen molar-refractivity contribution in [3.8, 4) is 5.75 Å². The van der Waals surface area contributed by atoms with Gasteiger partial charge in [-0.25, -0.2) is 8.42 Å². The van der Waals surface area contributed by atoms with Crippen molar-refractivity contribution < 1.29 is 22.7 Å². The molecule has 188 valence electrons. The van der Waals surface area contributed by atoms with Crippen molar-refractivity contribution in [3.63, 3.8) is 0 Å². The third kappa shape index (κ3) is 7.06. The number of aryl methyl sites for hydroxylation is 2. The van der Waals surface area contributed by atoms with Crippen molar-refractivity contribution in [1.29, 1.82) is 0 Å². The Morgan fingerprint density at radius 1 is 1.00 bits per heavy atom. The number of ether oxygens (including phenoxy) is 2. The summed E-state index contributed by atoms with van der Waals surface area (Å²) in [5.41, 5.74) is 3.98. The standard InChI is InChI=1S/C25H28BN3O5S2/c1-16-5-4-6-17(2)23(16)29-36(31,32)20-10-8-19(9-11-20)27-25(35)28-24(30)21-15-18(26)7-12-22(21)34-14-13-33-3/h4-12,15,29H,13-14,26H2,1-3H3,(H2,27,28,30,35). The Balaban J connectivity index is 1.66. The lowest BCUT2D eigenvalue weighted by molar-refractivity contribution is 0.0970. The zero-order chi connectivity index (χ0) is 26.3. The van der Waals surface area contributed by atoms with Crippen LogP contribution < -0.4 is 25.6 Å². The van der Waals surface area contributed by atoms with E-state index in [-0.39, 0.29) is 10.0 Å². The number of methoxy groups -OCH3 is 1. The van der Waals surface area contributed by atoms with E-state index in [9.17, 15) is 13.2 Å². The summed E-state index contributed by atoms with van der Waals surface area (Å²) in [7, 11) is -0.339. The van der Waals surface area contributed by atoms with Gasteiger partial charge in [-0.05, 0) is 67.5 Å². The first-order valence-electron chi connectivity index (χ1n) is 11.1. The molecule has 0 aliphatic heterocycles. The van der Waals surface area contributed by atoms with Crippen LogP contribution >= 0.6 is 12.2 Å². The van der Waals surface area contributed by atoms with E-state index in [1.807, 2.05) is 46.0 Å². The quantitative estimate of drug-likeness (QED) is 0.224. The molecule has 0 fully saturated rings. The van der Waals surface area contributed by atoms with Crippen molar-refractivity contribution in [2.45, 2.75) is 18.7 Å². The van der Waals surface area contributed by atoms with Crippen LogP contribution in [0.5, 0.6) is 5.75 Å². The van der Waals surface area contributed by atoms with Crippen molar-refractivity contribution in [2.24, 2.45) is 0 Å². The van der Waals surface area contributed by atoms with Gasteiger partial charge in [-0.3, -0.25) is 14.8 Å². The van der Waals surface area contributed by atoms with E-state index >= 15 is 0 Å². The predicted molar refractivity (Wildman–Crippen MR) is 149 cm³/mol. The fraction of sp³-hybridized carbons (Fsp3) is 0.200. The molecule has 8 nitrogen and oxygen atoms in total. The van der Waals surface area contributed by atoms with Gasteiger partial charge in [0.2, 0.25) is 0 Å². The van der Waals surface area contributed by atoms with Gasteiger partial charge in [-0.2, -0.15) is 0 Å². The first-order valence-corrected chi connectivity index (χ1v) is 13.0. The lowest BCUT2D eigenvalue weighted by atomic mass is 9.94. The van der Waals surface area contributed by atoms with Crippen molar-refractivity contribution >= 4 is 57.9 Å². The van der Waals surface area contributed by atoms with Crippen molar-refractivity contribution in [3.05, 3.63) is 77.4 Å². The van der Waals surface area contributed by atoms with Crippen LogP contribution in [0, 0.1) is 13.8 Å². The Morgan fingerprint density at radius 2 is 1.67 bits per heavy atom. The number of carbonyl (C=O) groups is 1. The van der Waals surface area contributed by atoms with Crippen LogP contribution in [0.4, 0.5) is 11.4 Å². The van der Waals surface area contributed by atoms with Gasteiger partial charge in [-0.1, -0.05) is 35.8 Å². The van der Waals surface area contributed by atoms with Gasteiger partial charge in [0.05, 0.1) is 22.8 Å². The summed E-state index contributed by atoms with van der Waals surface area (Å²) in [6.07, 6.45) is 0. The molecular weight excluding hydrogens is 497 g/mol. The first kappa shape index (κ1) is 27.2. The molecule has 0 bridgehead atoms. The summed E-state index contributed by atoms with van der Waals surface area (Å²) in [5.74, 6) is -0.00971. The van der Waals surface area contributed by atoms with Gasteiger partial charge in [0, 0.05) is 12.8 Å². The molecule has 1 amide bonds. The highest BCUT2D eigenvalue weighted by atomic mass is 32.2. The summed E-state index contributed by atoms with van der Waals surface area (Å²) in [6, 6.07) is 16.9. The SMILES string of the molecule is Bc1ccc(OCCOC)c(C(=O)NC(=S)Nc2ccc(S(=O)(=O)Nc3c(C)cccc3C)cc2)c1. The Morgan fingerprint density at radius 3 is 2.31 bits per heavy atom. The number of anilines is 2. The number of hydrogen-bond donors (Lipinski definition) is 3. The third-order valence-corrected chi connectivity index (χ3v) is 6.86. The van der Waals surface area contributed by atoms with E-state index in [1.54, 1.807) is 31.4 Å². The maximum atomic E-state index is 12.9. The fourth-order valence-electron chi connectivity index (χ4n) is 3.40. The van der Waals surface area contributed by atoms with Crippen molar-refractivity contribution in [2.75, 3.05) is 30.4 Å². The number of sulfonamides is 1. The molecule has 0 radical (unpaired) electrons. The van der Waals surface area contributed by atoms with Crippen LogP contribution in [-0.4, -0.2) is 47.6 Å². The fourth-order valence-corrected chi connectivity index (χ4v) is 4.81. The number of para-hydroxylation sites is 1. The molecule has 3 aromatic carbocycles. The number of benzene rings is 3. The molecule has 0 aliphatic carbocycles. The van der Waals surface area contributed by atoms with Crippen LogP contribution in [0.2, 0.25) is 0 Å². The molecule has 36 heavy (non-hydrogen) atoms. The molecule has 0 unspecified atom stereocenters. The number of amides is 1. The van der Waals surface area contributed by atoms with Crippen LogP contribution in [0.1, 0.15) is 21.5 Å². The van der Waals surface area contributed by atoms with Gasteiger partial charge in [-0.15, -0.1) is 0 Å². The molecule has 0 heterocycles. The third-order valence-electron chi connectivity index (χ3n) is 5.29. The molecule has 0 saturated carbocycles. The highest BCUT2D eigenvalue weighted by molar-refractivity contribution is 7.92. The number of thiocarbonyl (C=S) groups is 1. The second-order valence-corrected chi connectivity index (χ2v) is 10.2. The largest absolute Gasteiger partial charge is 0.490 e. The topological polar surface area (TPSA) is 106 Å². The van der Waals surface area contributed by atoms with Gasteiger partial charge in [0.1, 0.15) is 20.2 Å². The lowest BCUT2D eigenvalue weighted by Gasteiger charge is -2.15. The Hall–Kier alpha value is -3.41. The smallest absolute Gasteiger partial charge is 0.261 e. The molecule has 3 aromatic rings. The van der Waals surface area contributed by atoms with Crippen LogP contribution in [0.25, 0.3) is 0 Å². The molecule has 11 heteroatoms. The number of hydrogen-bond acceptors (Lipinski definition) is 6. The van der Waals surface area contributed by atoms with Crippen molar-refractivity contribution in [1.82, 2.24) is 5.32 Å². The molecule has 0 aliphatic rings. The van der Waals surface area contributed by atoms with Gasteiger partial charge in [0.25, 0.3) is 15.9 Å². The average molecular weight is 525 g/mol. The second-order valence-electron chi connectivity index (χ2n) is 8.15. The van der Waals surface area contributed by atoms with Gasteiger partial charge >= 0.3 is 0 Å². The Bertz CT molecular complexity index is 1340. The maximum Gasteiger partial charge on any atom is 0.261 e. The van der Waals surface area contributed by atoms with E-state index in [0.717, 1.165) is 16.6 Å². The highest BCUT2D eigenvalue weighted by Crippen LogP contribution is 2.24. The summed E-state index contributed by atoms with van der Waals surface area (Å²) in [4.78, 5) is 12.9. The van der Waals surface area contributed by atoms with E-state index in [4.69, 9.17) is 21.7 Å². The molecule has 0 saturated heterocycles. The number of carbonyl (C=O) groups excluding carboxylic acids is 1. The molecule has 3 rings (SSSR count). The maximum absolute atomic E-state index is 12.9.